The van der Waals surface area contributed by atoms with E-state index in [4.69, 9.17) is 10.8 Å². The van der Waals surface area contributed by atoms with Crippen molar-refractivity contribution in [2.45, 2.75) is 24.9 Å². The Morgan fingerprint density at radius 1 is 1.70 bits per heavy atom. The highest BCUT2D eigenvalue weighted by Crippen LogP contribution is 2.16. The van der Waals surface area contributed by atoms with E-state index in [1.807, 2.05) is 0 Å². The topological polar surface area (TPSA) is 75.3 Å². The van der Waals surface area contributed by atoms with Crippen LogP contribution >= 0.6 is 0 Å². The lowest BCUT2D eigenvalue weighted by Gasteiger charge is -2.32. The number of rotatable bonds is 3. The summed E-state index contributed by atoms with van der Waals surface area (Å²) in [6, 6.07) is 0.623. The quantitative estimate of drug-likeness (QED) is 0.482. The van der Waals surface area contributed by atoms with Crippen LogP contribution in [0.25, 0.3) is 0 Å². The molecule has 4 N–H and O–H groups in total. The van der Waals surface area contributed by atoms with E-state index in [0.717, 1.165) is 12.8 Å². The molecule has 4 nitrogen and oxygen atoms in total. The molecule has 0 radical (unpaired) electrons. The SMILES string of the molecule is NC1CC(NCC(=O)O)C1. The molecular formula is C6H12N2O2. The highest BCUT2D eigenvalue weighted by atomic mass is 16.4. The Morgan fingerprint density at radius 3 is 2.70 bits per heavy atom. The summed E-state index contributed by atoms with van der Waals surface area (Å²) >= 11 is 0. The van der Waals surface area contributed by atoms with Crippen LogP contribution in [0, 0.1) is 0 Å². The van der Waals surface area contributed by atoms with Crippen LogP contribution in [0.2, 0.25) is 0 Å². The van der Waals surface area contributed by atoms with Gasteiger partial charge in [-0.2, -0.15) is 0 Å². The first kappa shape index (κ1) is 7.50. The average Bonchev–Trinajstić information content (AvgIpc) is 1.77. The second kappa shape index (κ2) is 2.98. The monoisotopic (exact) mass is 144 g/mol. The first-order valence-corrected chi connectivity index (χ1v) is 3.39. The molecule has 0 aromatic rings. The summed E-state index contributed by atoms with van der Waals surface area (Å²) < 4.78 is 0. The van der Waals surface area contributed by atoms with Crippen molar-refractivity contribution in [1.29, 1.82) is 0 Å². The smallest absolute Gasteiger partial charge is 0.317 e. The molecule has 0 bridgehead atoms. The number of carboxylic acids is 1. The Labute approximate surface area is 59.4 Å². The maximum atomic E-state index is 10.0. The van der Waals surface area contributed by atoms with Gasteiger partial charge in [0.1, 0.15) is 0 Å². The molecular weight excluding hydrogens is 132 g/mol. The van der Waals surface area contributed by atoms with Gasteiger partial charge >= 0.3 is 5.97 Å². The molecule has 0 aromatic carbocycles. The van der Waals surface area contributed by atoms with Crippen molar-refractivity contribution in [1.82, 2.24) is 5.32 Å². The first-order valence-electron chi connectivity index (χ1n) is 3.39. The van der Waals surface area contributed by atoms with E-state index in [-0.39, 0.29) is 12.6 Å². The van der Waals surface area contributed by atoms with Gasteiger partial charge in [0.2, 0.25) is 0 Å². The third kappa shape index (κ3) is 1.97. The van der Waals surface area contributed by atoms with Gasteiger partial charge in [0.15, 0.2) is 0 Å². The highest BCUT2D eigenvalue weighted by molar-refractivity contribution is 5.69. The molecule has 1 saturated carbocycles. The summed E-state index contributed by atoms with van der Waals surface area (Å²) in [5.41, 5.74) is 5.49. The van der Waals surface area contributed by atoms with Crippen molar-refractivity contribution in [3.63, 3.8) is 0 Å². The summed E-state index contributed by atoms with van der Waals surface area (Å²) in [6.07, 6.45) is 1.82. The Balaban J connectivity index is 2.00. The number of carboxylic acid groups (broad SMARTS) is 1. The van der Waals surface area contributed by atoms with E-state index in [2.05, 4.69) is 5.32 Å². The molecule has 4 heteroatoms. The van der Waals surface area contributed by atoms with Crippen molar-refractivity contribution in [2.75, 3.05) is 6.54 Å². The normalized spacial score (nSPS) is 31.3. The minimum absolute atomic E-state index is 0.0530. The van der Waals surface area contributed by atoms with Crippen molar-refractivity contribution >= 4 is 5.97 Å². The van der Waals surface area contributed by atoms with Crippen LogP contribution in [0.4, 0.5) is 0 Å². The Bertz CT molecular complexity index is 132. The van der Waals surface area contributed by atoms with Gasteiger partial charge in [0.05, 0.1) is 6.54 Å². The van der Waals surface area contributed by atoms with E-state index in [1.165, 1.54) is 0 Å². The van der Waals surface area contributed by atoms with Gasteiger partial charge in [-0.05, 0) is 12.8 Å². The second-order valence-electron chi connectivity index (χ2n) is 2.70. The summed E-state index contributed by atoms with van der Waals surface area (Å²) in [7, 11) is 0. The molecule has 0 amide bonds. The molecule has 0 aliphatic heterocycles. The van der Waals surface area contributed by atoms with Crippen LogP contribution in [-0.4, -0.2) is 29.7 Å². The molecule has 0 saturated heterocycles. The Hall–Kier alpha value is -0.610. The molecule has 1 aliphatic carbocycles. The zero-order chi connectivity index (χ0) is 7.56. The molecule has 1 fully saturated rings. The van der Waals surface area contributed by atoms with Gasteiger partial charge in [-0.25, -0.2) is 0 Å². The number of aliphatic carboxylic acids is 1. The van der Waals surface area contributed by atoms with Crippen molar-refractivity contribution in [3.8, 4) is 0 Å². The van der Waals surface area contributed by atoms with Gasteiger partial charge < -0.3 is 16.2 Å². The molecule has 0 spiro atoms. The predicted octanol–water partition coefficient (Wildman–Crippen LogP) is -0.850. The third-order valence-corrected chi connectivity index (χ3v) is 1.72. The lowest BCUT2D eigenvalue weighted by molar-refractivity contribution is -0.136. The van der Waals surface area contributed by atoms with Crippen LogP contribution in [0.1, 0.15) is 12.8 Å². The fourth-order valence-electron chi connectivity index (χ4n) is 1.06. The van der Waals surface area contributed by atoms with Crippen LogP contribution in [0.15, 0.2) is 0 Å². The van der Waals surface area contributed by atoms with Crippen LogP contribution in [0.5, 0.6) is 0 Å². The Morgan fingerprint density at radius 2 is 2.30 bits per heavy atom. The molecule has 0 atom stereocenters. The highest BCUT2D eigenvalue weighted by Gasteiger charge is 2.25. The lowest BCUT2D eigenvalue weighted by atomic mass is 9.88. The van der Waals surface area contributed by atoms with E-state index in [1.54, 1.807) is 0 Å². The zero-order valence-electron chi connectivity index (χ0n) is 5.71. The summed E-state index contributed by atoms with van der Waals surface area (Å²) in [4.78, 5) is 10.0. The first-order chi connectivity index (χ1) is 4.68. The number of hydrogen-bond donors (Lipinski definition) is 3. The molecule has 0 heterocycles. The van der Waals surface area contributed by atoms with Crippen LogP contribution in [-0.2, 0) is 4.79 Å². The van der Waals surface area contributed by atoms with E-state index in [9.17, 15) is 4.79 Å². The molecule has 1 rings (SSSR count). The fourth-order valence-corrected chi connectivity index (χ4v) is 1.06. The largest absolute Gasteiger partial charge is 0.480 e. The third-order valence-electron chi connectivity index (χ3n) is 1.72. The van der Waals surface area contributed by atoms with Gasteiger partial charge in [-0.1, -0.05) is 0 Å². The fraction of sp³-hybridized carbons (Fsp3) is 0.833. The minimum atomic E-state index is -0.805. The molecule has 10 heavy (non-hydrogen) atoms. The lowest BCUT2D eigenvalue weighted by Crippen LogP contribution is -2.49. The summed E-state index contributed by atoms with van der Waals surface area (Å²) in [6.45, 7) is 0.0530. The maximum Gasteiger partial charge on any atom is 0.317 e. The standard InChI is InChI=1S/C6H12N2O2/c7-4-1-5(2-4)8-3-6(9)10/h4-5,8H,1-3,7H2,(H,9,10). The Kier molecular flexibility index (Phi) is 2.24. The summed E-state index contributed by atoms with van der Waals surface area (Å²) in [5.74, 6) is -0.805. The van der Waals surface area contributed by atoms with Gasteiger partial charge in [0.25, 0.3) is 0 Å². The average molecular weight is 144 g/mol. The predicted molar refractivity (Wildman–Crippen MR) is 36.6 cm³/mol. The van der Waals surface area contributed by atoms with Gasteiger partial charge in [-0.15, -0.1) is 0 Å². The second-order valence-corrected chi connectivity index (χ2v) is 2.70. The van der Waals surface area contributed by atoms with Crippen LogP contribution in [0.3, 0.4) is 0 Å². The minimum Gasteiger partial charge on any atom is -0.480 e. The summed E-state index contributed by atoms with van der Waals surface area (Å²) in [5, 5.41) is 11.1. The molecule has 0 unspecified atom stereocenters. The van der Waals surface area contributed by atoms with Crippen molar-refractivity contribution < 1.29 is 9.90 Å². The van der Waals surface area contributed by atoms with Gasteiger partial charge in [-0.3, -0.25) is 4.79 Å². The van der Waals surface area contributed by atoms with E-state index < -0.39 is 5.97 Å². The number of carbonyl (C=O) groups is 1. The van der Waals surface area contributed by atoms with E-state index >= 15 is 0 Å². The van der Waals surface area contributed by atoms with Crippen molar-refractivity contribution in [2.24, 2.45) is 5.73 Å². The molecule has 58 valence electrons. The van der Waals surface area contributed by atoms with E-state index in [0.29, 0.717) is 6.04 Å². The maximum absolute atomic E-state index is 10.0. The number of nitrogens with two attached hydrogens (primary N) is 1. The number of nitrogens with one attached hydrogen (secondary N) is 1. The number of hydrogen-bond acceptors (Lipinski definition) is 3. The van der Waals surface area contributed by atoms with Gasteiger partial charge in [0, 0.05) is 12.1 Å². The van der Waals surface area contributed by atoms with Crippen LogP contribution < -0.4 is 11.1 Å². The molecule has 0 aromatic heterocycles. The molecule has 1 aliphatic rings. The zero-order valence-corrected chi connectivity index (χ0v) is 5.71. The van der Waals surface area contributed by atoms with Crippen molar-refractivity contribution in [3.05, 3.63) is 0 Å².